The molecule has 18 heavy (non-hydrogen) atoms. The highest BCUT2D eigenvalue weighted by Crippen LogP contribution is 2.46. The number of benzene rings is 1. The molecule has 1 saturated carbocycles. The van der Waals surface area contributed by atoms with E-state index in [1.807, 2.05) is 0 Å². The van der Waals surface area contributed by atoms with Crippen molar-refractivity contribution in [1.82, 2.24) is 5.32 Å². The zero-order valence-electron chi connectivity index (χ0n) is 10.4. The first-order valence-corrected chi connectivity index (χ1v) is 6.71. The van der Waals surface area contributed by atoms with Gasteiger partial charge in [0.25, 0.3) is 0 Å². The van der Waals surface area contributed by atoms with E-state index in [2.05, 4.69) is 21.2 Å². The molecule has 1 N–H and O–H groups in total. The molecular formula is C13H16BrF2NO. The van der Waals surface area contributed by atoms with Crippen LogP contribution < -0.4 is 5.32 Å². The van der Waals surface area contributed by atoms with Crippen molar-refractivity contribution in [2.75, 3.05) is 14.2 Å². The minimum atomic E-state index is -0.558. The van der Waals surface area contributed by atoms with Crippen LogP contribution in [0.3, 0.4) is 0 Å². The van der Waals surface area contributed by atoms with Gasteiger partial charge in [-0.3, -0.25) is 0 Å². The van der Waals surface area contributed by atoms with Crippen LogP contribution in [0.2, 0.25) is 0 Å². The predicted octanol–water partition coefficient (Wildman–Crippen LogP) is 3.56. The molecule has 0 spiro atoms. The standard InChI is InChI=1S/C13H16BrF2NO/c1-17-12(13(18-2)6-3-7-13)10-9(15)5-4-8(14)11(10)16/h4-5,12,17H,3,6-7H2,1-2H3. The molecule has 1 aliphatic carbocycles. The van der Waals surface area contributed by atoms with Gasteiger partial charge >= 0.3 is 0 Å². The molecule has 1 unspecified atom stereocenters. The molecule has 1 aliphatic rings. The largest absolute Gasteiger partial charge is 0.376 e. The quantitative estimate of drug-likeness (QED) is 0.857. The molecule has 1 aromatic rings. The van der Waals surface area contributed by atoms with Crippen molar-refractivity contribution in [1.29, 1.82) is 0 Å². The molecule has 1 aromatic carbocycles. The van der Waals surface area contributed by atoms with Crippen LogP contribution in [0.5, 0.6) is 0 Å². The lowest BCUT2D eigenvalue weighted by atomic mass is 9.72. The predicted molar refractivity (Wildman–Crippen MR) is 69.4 cm³/mol. The smallest absolute Gasteiger partial charge is 0.145 e. The maximum atomic E-state index is 14.1. The number of nitrogens with one attached hydrogen (secondary N) is 1. The molecular weight excluding hydrogens is 304 g/mol. The maximum Gasteiger partial charge on any atom is 0.145 e. The Morgan fingerprint density at radius 3 is 2.50 bits per heavy atom. The van der Waals surface area contributed by atoms with Crippen LogP contribution in [-0.4, -0.2) is 19.8 Å². The van der Waals surface area contributed by atoms with Crippen LogP contribution in [0.25, 0.3) is 0 Å². The summed E-state index contributed by atoms with van der Waals surface area (Å²) in [6, 6.07) is 2.17. The van der Waals surface area contributed by atoms with Crippen molar-refractivity contribution < 1.29 is 13.5 Å². The van der Waals surface area contributed by atoms with Gasteiger partial charge in [0.15, 0.2) is 0 Å². The summed E-state index contributed by atoms with van der Waals surface area (Å²) in [7, 11) is 3.29. The summed E-state index contributed by atoms with van der Waals surface area (Å²) < 4.78 is 33.9. The molecule has 0 saturated heterocycles. The molecule has 0 aliphatic heterocycles. The van der Waals surface area contributed by atoms with Gasteiger partial charge in [-0.25, -0.2) is 8.78 Å². The summed E-state index contributed by atoms with van der Waals surface area (Å²) in [5.74, 6) is -1.10. The second-order valence-corrected chi connectivity index (χ2v) is 5.46. The third-order valence-electron chi connectivity index (χ3n) is 3.79. The van der Waals surface area contributed by atoms with Crippen LogP contribution >= 0.6 is 15.9 Å². The van der Waals surface area contributed by atoms with E-state index < -0.39 is 23.3 Å². The highest BCUT2D eigenvalue weighted by Gasteiger charge is 2.46. The van der Waals surface area contributed by atoms with E-state index in [0.717, 1.165) is 19.3 Å². The SMILES string of the molecule is CNC(c1c(F)ccc(Br)c1F)C1(OC)CCC1. The van der Waals surface area contributed by atoms with Crippen LogP contribution in [-0.2, 0) is 4.74 Å². The van der Waals surface area contributed by atoms with Gasteiger partial charge in [0.2, 0.25) is 0 Å². The van der Waals surface area contributed by atoms with Crippen LogP contribution in [0.1, 0.15) is 30.9 Å². The number of ether oxygens (including phenoxy) is 1. The van der Waals surface area contributed by atoms with E-state index in [9.17, 15) is 8.78 Å². The summed E-state index contributed by atoms with van der Waals surface area (Å²) in [5.41, 5.74) is -0.453. The van der Waals surface area contributed by atoms with E-state index in [0.29, 0.717) is 0 Å². The lowest BCUT2D eigenvalue weighted by Gasteiger charge is -2.46. The minimum Gasteiger partial charge on any atom is -0.376 e. The number of methoxy groups -OCH3 is 1. The summed E-state index contributed by atoms with van der Waals surface area (Å²) in [5, 5.41) is 3.00. The van der Waals surface area contributed by atoms with Crippen molar-refractivity contribution >= 4 is 15.9 Å². The Bertz CT molecular complexity index is 443. The van der Waals surface area contributed by atoms with E-state index in [-0.39, 0.29) is 10.0 Å². The molecule has 0 radical (unpaired) electrons. The average molecular weight is 320 g/mol. The molecule has 2 nitrogen and oxygen atoms in total. The molecule has 1 fully saturated rings. The van der Waals surface area contributed by atoms with Gasteiger partial charge in [0, 0.05) is 12.7 Å². The number of rotatable bonds is 4. The second kappa shape index (κ2) is 5.23. The van der Waals surface area contributed by atoms with E-state index in [4.69, 9.17) is 4.74 Å². The van der Waals surface area contributed by atoms with Gasteiger partial charge in [0.05, 0.1) is 16.1 Å². The molecule has 0 heterocycles. The normalized spacial score (nSPS) is 19.4. The fourth-order valence-electron chi connectivity index (χ4n) is 2.61. The lowest BCUT2D eigenvalue weighted by Crippen LogP contribution is -2.50. The maximum absolute atomic E-state index is 14.1. The monoisotopic (exact) mass is 319 g/mol. The van der Waals surface area contributed by atoms with Crippen molar-refractivity contribution in [3.8, 4) is 0 Å². The third-order valence-corrected chi connectivity index (χ3v) is 4.40. The first-order chi connectivity index (χ1) is 8.55. The summed E-state index contributed by atoms with van der Waals surface area (Å²) in [6.07, 6.45) is 2.63. The summed E-state index contributed by atoms with van der Waals surface area (Å²) in [6.45, 7) is 0. The topological polar surface area (TPSA) is 21.3 Å². The summed E-state index contributed by atoms with van der Waals surface area (Å²) >= 11 is 3.10. The highest BCUT2D eigenvalue weighted by atomic mass is 79.9. The zero-order valence-corrected chi connectivity index (χ0v) is 12.0. The van der Waals surface area contributed by atoms with E-state index in [1.54, 1.807) is 14.2 Å². The first-order valence-electron chi connectivity index (χ1n) is 5.91. The summed E-state index contributed by atoms with van der Waals surface area (Å²) in [4.78, 5) is 0. The van der Waals surface area contributed by atoms with Crippen LogP contribution in [0.4, 0.5) is 8.78 Å². The van der Waals surface area contributed by atoms with Crippen molar-refractivity contribution in [3.63, 3.8) is 0 Å². The van der Waals surface area contributed by atoms with Gasteiger partial charge < -0.3 is 10.1 Å². The molecule has 100 valence electrons. The van der Waals surface area contributed by atoms with Gasteiger partial charge in [-0.15, -0.1) is 0 Å². The Morgan fingerprint density at radius 2 is 2.06 bits per heavy atom. The number of likely N-dealkylation sites (N-methyl/N-ethyl adjacent to an activating group) is 1. The van der Waals surface area contributed by atoms with Gasteiger partial charge in [-0.05, 0) is 54.4 Å². The van der Waals surface area contributed by atoms with E-state index in [1.165, 1.54) is 12.1 Å². The zero-order chi connectivity index (χ0) is 13.3. The molecule has 0 amide bonds. The fraction of sp³-hybridized carbons (Fsp3) is 0.538. The van der Waals surface area contributed by atoms with Crippen molar-refractivity contribution in [3.05, 3.63) is 33.8 Å². The van der Waals surface area contributed by atoms with Gasteiger partial charge in [0.1, 0.15) is 11.6 Å². The Morgan fingerprint density at radius 1 is 1.39 bits per heavy atom. The van der Waals surface area contributed by atoms with Gasteiger partial charge in [-0.1, -0.05) is 0 Å². The second-order valence-electron chi connectivity index (χ2n) is 4.60. The van der Waals surface area contributed by atoms with Crippen LogP contribution in [0, 0.1) is 11.6 Å². The molecule has 0 bridgehead atoms. The number of halogens is 3. The van der Waals surface area contributed by atoms with Crippen LogP contribution in [0.15, 0.2) is 16.6 Å². The average Bonchev–Trinajstić information content (AvgIpc) is 2.31. The third kappa shape index (κ3) is 2.08. The number of hydrogen-bond donors (Lipinski definition) is 1. The Balaban J connectivity index is 2.48. The lowest BCUT2D eigenvalue weighted by molar-refractivity contribution is -0.0996. The Labute approximate surface area is 114 Å². The number of hydrogen-bond acceptors (Lipinski definition) is 2. The van der Waals surface area contributed by atoms with Crippen molar-refractivity contribution in [2.45, 2.75) is 30.9 Å². The van der Waals surface area contributed by atoms with Crippen molar-refractivity contribution in [2.24, 2.45) is 0 Å². The molecule has 2 rings (SSSR count). The molecule has 0 aromatic heterocycles. The fourth-order valence-corrected chi connectivity index (χ4v) is 2.96. The Kier molecular flexibility index (Phi) is 4.04. The Hall–Kier alpha value is -0.520. The minimum absolute atomic E-state index is 0.0495. The molecule has 5 heteroatoms. The van der Waals surface area contributed by atoms with Gasteiger partial charge in [-0.2, -0.15) is 0 Å². The first kappa shape index (κ1) is 13.9. The molecule has 1 atom stereocenters. The highest BCUT2D eigenvalue weighted by molar-refractivity contribution is 9.10. The van der Waals surface area contributed by atoms with E-state index >= 15 is 0 Å².